The van der Waals surface area contributed by atoms with E-state index in [1.54, 1.807) is 0 Å². The molecule has 0 radical (unpaired) electrons. The Morgan fingerprint density at radius 2 is 2.04 bits per heavy atom. The third-order valence-electron chi connectivity index (χ3n) is 4.14. The third-order valence-corrected chi connectivity index (χ3v) is 7.38. The molecule has 0 spiro atoms. The Morgan fingerprint density at radius 3 is 2.71 bits per heavy atom. The van der Waals surface area contributed by atoms with E-state index in [2.05, 4.69) is 4.99 Å². The molecule has 0 bridgehead atoms. The number of hydrogen-bond donors (Lipinski definition) is 0. The van der Waals surface area contributed by atoms with Gasteiger partial charge in [-0.2, -0.15) is 4.99 Å². The lowest BCUT2D eigenvalue weighted by Gasteiger charge is -2.24. The highest BCUT2D eigenvalue weighted by molar-refractivity contribution is 8.15. The van der Waals surface area contributed by atoms with Gasteiger partial charge in [-0.1, -0.05) is 41.6 Å². The van der Waals surface area contributed by atoms with Crippen molar-refractivity contribution in [1.82, 2.24) is 4.90 Å². The second-order valence-electron chi connectivity index (χ2n) is 6.14. The van der Waals surface area contributed by atoms with Gasteiger partial charge in [-0.25, -0.2) is 8.42 Å². The van der Waals surface area contributed by atoms with E-state index in [4.69, 9.17) is 4.74 Å². The Hall–Kier alpha value is -1.38. The zero-order valence-corrected chi connectivity index (χ0v) is 15.3. The molecule has 8 heteroatoms. The van der Waals surface area contributed by atoms with E-state index in [1.807, 2.05) is 36.1 Å². The van der Waals surface area contributed by atoms with Gasteiger partial charge in [0, 0.05) is 18.9 Å². The maximum absolute atomic E-state index is 12.0. The molecule has 1 amide bonds. The van der Waals surface area contributed by atoms with Crippen molar-refractivity contribution in [3.8, 4) is 0 Å². The summed E-state index contributed by atoms with van der Waals surface area (Å²) in [4.78, 5) is 17.9. The van der Waals surface area contributed by atoms with Crippen molar-refractivity contribution in [1.29, 1.82) is 0 Å². The average molecular weight is 368 g/mol. The first-order chi connectivity index (χ1) is 11.4. The van der Waals surface area contributed by atoms with E-state index in [0.717, 1.165) is 5.56 Å². The van der Waals surface area contributed by atoms with Gasteiger partial charge in [0.2, 0.25) is 0 Å². The first kappa shape index (κ1) is 17.4. The molecule has 130 valence electrons. The molecule has 2 aliphatic heterocycles. The molecule has 0 aliphatic carbocycles. The summed E-state index contributed by atoms with van der Waals surface area (Å²) in [5.74, 6) is -0.0881. The molecule has 24 heavy (non-hydrogen) atoms. The standard InChI is InChI=1S/C16H20N2O4S2/c1-11-3-5-12(6-4-11)7-18-13-9-24(20,21)10-14(13)23-16(18)17-15(19)8-22-2/h3-6,13-14H,7-10H2,1-2H3/t13-,14+/m1/s1. The van der Waals surface area contributed by atoms with Crippen molar-refractivity contribution in [2.45, 2.75) is 24.8 Å². The largest absolute Gasteiger partial charge is 0.375 e. The second kappa shape index (κ2) is 6.85. The van der Waals surface area contributed by atoms with Crippen LogP contribution in [-0.4, -0.2) is 60.9 Å². The van der Waals surface area contributed by atoms with Crippen molar-refractivity contribution >= 4 is 32.7 Å². The minimum Gasteiger partial charge on any atom is -0.375 e. The van der Waals surface area contributed by atoms with Crippen LogP contribution in [0.2, 0.25) is 0 Å². The molecule has 1 aromatic rings. The number of aryl methyl sites for hydroxylation is 1. The van der Waals surface area contributed by atoms with Crippen molar-refractivity contribution in [2.24, 2.45) is 4.99 Å². The van der Waals surface area contributed by atoms with E-state index in [9.17, 15) is 13.2 Å². The fourth-order valence-corrected chi connectivity index (χ4v) is 6.94. The average Bonchev–Trinajstić information content (AvgIpc) is 2.95. The smallest absolute Gasteiger partial charge is 0.274 e. The first-order valence-electron chi connectivity index (χ1n) is 7.68. The number of sulfone groups is 1. The molecule has 2 fully saturated rings. The number of carbonyl (C=O) groups is 1. The number of carbonyl (C=O) groups excluding carboxylic acids is 1. The van der Waals surface area contributed by atoms with Crippen LogP contribution in [0, 0.1) is 6.92 Å². The highest BCUT2D eigenvalue weighted by atomic mass is 32.2. The summed E-state index contributed by atoms with van der Waals surface area (Å²) >= 11 is 1.39. The minimum atomic E-state index is -3.03. The molecule has 6 nitrogen and oxygen atoms in total. The number of thioether (sulfide) groups is 1. The van der Waals surface area contributed by atoms with Gasteiger partial charge in [0.25, 0.3) is 5.91 Å². The van der Waals surface area contributed by atoms with Gasteiger partial charge in [-0.3, -0.25) is 4.79 Å². The lowest BCUT2D eigenvalue weighted by molar-refractivity contribution is -0.121. The first-order valence-corrected chi connectivity index (χ1v) is 10.4. The SMILES string of the molecule is COCC(=O)N=C1S[C@H]2CS(=O)(=O)C[C@H]2N1Cc1ccc(C)cc1. The van der Waals surface area contributed by atoms with E-state index in [-0.39, 0.29) is 35.3 Å². The summed E-state index contributed by atoms with van der Waals surface area (Å²) in [7, 11) is -1.58. The maximum atomic E-state index is 12.0. The van der Waals surface area contributed by atoms with Gasteiger partial charge in [0.1, 0.15) is 6.61 Å². The van der Waals surface area contributed by atoms with Crippen LogP contribution < -0.4 is 0 Å². The van der Waals surface area contributed by atoms with E-state index in [0.29, 0.717) is 11.7 Å². The minimum absolute atomic E-state index is 0.0606. The number of ether oxygens (including phenoxy) is 1. The van der Waals surface area contributed by atoms with Crippen molar-refractivity contribution in [3.05, 3.63) is 35.4 Å². The van der Waals surface area contributed by atoms with Gasteiger partial charge in [0.15, 0.2) is 15.0 Å². The summed E-state index contributed by atoms with van der Waals surface area (Å²) in [5, 5.41) is 0.539. The van der Waals surface area contributed by atoms with Crippen LogP contribution in [0.3, 0.4) is 0 Å². The number of amidine groups is 1. The molecule has 2 atom stereocenters. The van der Waals surface area contributed by atoms with Gasteiger partial charge in [0.05, 0.1) is 17.5 Å². The molecule has 0 aromatic heterocycles. The van der Waals surface area contributed by atoms with Crippen LogP contribution in [0.1, 0.15) is 11.1 Å². The topological polar surface area (TPSA) is 76.0 Å². The second-order valence-corrected chi connectivity index (χ2v) is 9.50. The zero-order chi connectivity index (χ0) is 17.3. The monoisotopic (exact) mass is 368 g/mol. The van der Waals surface area contributed by atoms with Crippen LogP contribution >= 0.6 is 11.8 Å². The quantitative estimate of drug-likeness (QED) is 0.796. The van der Waals surface area contributed by atoms with E-state index in [1.165, 1.54) is 24.4 Å². The Bertz CT molecular complexity index is 759. The summed E-state index contributed by atoms with van der Waals surface area (Å²) in [6.45, 7) is 2.49. The van der Waals surface area contributed by atoms with Crippen LogP contribution in [-0.2, 0) is 25.9 Å². The van der Waals surface area contributed by atoms with Crippen LogP contribution in [0.4, 0.5) is 0 Å². The Kier molecular flexibility index (Phi) is 4.98. The maximum Gasteiger partial charge on any atom is 0.274 e. The molecule has 2 aliphatic rings. The summed E-state index contributed by atoms with van der Waals surface area (Å²) in [6.07, 6.45) is 0. The number of hydrogen-bond acceptors (Lipinski definition) is 5. The number of methoxy groups -OCH3 is 1. The summed E-state index contributed by atoms with van der Waals surface area (Å²) in [6, 6.07) is 7.95. The van der Waals surface area contributed by atoms with Gasteiger partial charge in [-0.15, -0.1) is 0 Å². The number of rotatable bonds is 4. The fraction of sp³-hybridized carbons (Fsp3) is 0.500. The van der Waals surface area contributed by atoms with Crippen LogP contribution in [0.5, 0.6) is 0 Å². The molecule has 1 aromatic carbocycles. The molecule has 2 heterocycles. The molecule has 0 unspecified atom stereocenters. The molecular formula is C16H20N2O4S2. The molecule has 3 rings (SSSR count). The number of amides is 1. The highest BCUT2D eigenvalue weighted by Gasteiger charge is 2.48. The van der Waals surface area contributed by atoms with Gasteiger partial charge < -0.3 is 9.64 Å². The lowest BCUT2D eigenvalue weighted by atomic mass is 10.1. The van der Waals surface area contributed by atoms with Gasteiger partial charge in [-0.05, 0) is 12.5 Å². The Balaban J connectivity index is 1.86. The molecule has 0 N–H and O–H groups in total. The fourth-order valence-electron chi connectivity index (χ4n) is 2.97. The number of aliphatic imine (C=N–C) groups is 1. The Morgan fingerprint density at radius 1 is 1.33 bits per heavy atom. The number of fused-ring (bicyclic) bond motifs is 1. The zero-order valence-electron chi connectivity index (χ0n) is 13.6. The predicted molar refractivity (Wildman–Crippen MR) is 94.9 cm³/mol. The van der Waals surface area contributed by atoms with Crippen LogP contribution in [0.25, 0.3) is 0 Å². The normalized spacial score (nSPS) is 26.8. The third kappa shape index (κ3) is 3.81. The summed E-state index contributed by atoms with van der Waals surface area (Å²) in [5.41, 5.74) is 2.23. The van der Waals surface area contributed by atoms with Crippen LogP contribution in [0.15, 0.2) is 29.3 Å². The number of nitrogens with zero attached hydrogens (tertiary/aromatic N) is 2. The molecule has 2 saturated heterocycles. The van der Waals surface area contributed by atoms with Crippen molar-refractivity contribution in [3.63, 3.8) is 0 Å². The van der Waals surface area contributed by atoms with E-state index < -0.39 is 9.84 Å². The molecular weight excluding hydrogens is 348 g/mol. The summed E-state index contributed by atoms with van der Waals surface area (Å²) < 4.78 is 28.7. The lowest BCUT2D eigenvalue weighted by Crippen LogP contribution is -2.37. The highest BCUT2D eigenvalue weighted by Crippen LogP contribution is 2.39. The van der Waals surface area contributed by atoms with Crippen molar-refractivity contribution in [2.75, 3.05) is 25.2 Å². The van der Waals surface area contributed by atoms with Gasteiger partial charge >= 0.3 is 0 Å². The Labute approximate surface area is 146 Å². The number of benzene rings is 1. The predicted octanol–water partition coefficient (Wildman–Crippen LogP) is 1.24. The molecule has 0 saturated carbocycles. The van der Waals surface area contributed by atoms with E-state index >= 15 is 0 Å². The van der Waals surface area contributed by atoms with Crippen molar-refractivity contribution < 1.29 is 17.9 Å².